The fourth-order valence-corrected chi connectivity index (χ4v) is 4.71. The largest absolute Gasteiger partial charge is 0.381 e. The van der Waals surface area contributed by atoms with Crippen LogP contribution in [0.15, 0.2) is 17.5 Å². The summed E-state index contributed by atoms with van der Waals surface area (Å²) in [6.07, 6.45) is 8.81. The van der Waals surface area contributed by atoms with Gasteiger partial charge in [-0.25, -0.2) is 0 Å². The van der Waals surface area contributed by atoms with Crippen LogP contribution in [0.1, 0.15) is 50.3 Å². The molecule has 0 N–H and O–H groups in total. The molecule has 0 radical (unpaired) electrons. The van der Waals surface area contributed by atoms with Crippen LogP contribution in [0.25, 0.3) is 9.40 Å². The number of thiophene rings is 2. The molecule has 2 nitrogen and oxygen atoms in total. The molecule has 0 spiro atoms. The van der Waals surface area contributed by atoms with Crippen LogP contribution in [0.3, 0.4) is 0 Å². The molecular formula is C18H26O2S2. The third-order valence-electron chi connectivity index (χ3n) is 4.01. The van der Waals surface area contributed by atoms with E-state index in [2.05, 4.69) is 24.4 Å². The number of hydrogen-bond donors (Lipinski definition) is 0. The van der Waals surface area contributed by atoms with Crippen molar-refractivity contribution < 1.29 is 9.53 Å². The van der Waals surface area contributed by atoms with E-state index in [9.17, 15) is 4.79 Å². The maximum Gasteiger partial charge on any atom is 0.120 e. The minimum Gasteiger partial charge on any atom is -0.381 e. The predicted octanol–water partition coefficient (Wildman–Crippen LogP) is 5.70. The molecule has 2 heterocycles. The van der Waals surface area contributed by atoms with E-state index in [0.717, 1.165) is 32.3 Å². The average molecular weight is 339 g/mol. The van der Waals surface area contributed by atoms with Gasteiger partial charge in [-0.2, -0.15) is 0 Å². The first-order chi connectivity index (χ1) is 10.8. The van der Waals surface area contributed by atoms with Crippen molar-refractivity contribution in [1.82, 2.24) is 0 Å². The monoisotopic (exact) mass is 338 g/mol. The Morgan fingerprint density at radius 1 is 1.23 bits per heavy atom. The Bertz CT molecular complexity index is 516. The molecule has 0 saturated heterocycles. The Balaban J connectivity index is 1.47. The molecule has 122 valence electrons. The standard InChI is InChI=1S/C18H26O2S2/c1-2-15(8-10-19)14-20-11-6-4-3-5-7-16-13-18-17(22-16)9-12-21-18/h9-10,12-13,15H,2-8,11,14H2,1H3. The van der Waals surface area contributed by atoms with Crippen LogP contribution in [0, 0.1) is 5.92 Å². The lowest BCUT2D eigenvalue weighted by Crippen LogP contribution is -2.10. The third kappa shape index (κ3) is 5.82. The van der Waals surface area contributed by atoms with E-state index < -0.39 is 0 Å². The molecule has 4 heteroatoms. The van der Waals surface area contributed by atoms with E-state index in [1.165, 1.54) is 40.0 Å². The van der Waals surface area contributed by atoms with Crippen molar-refractivity contribution in [1.29, 1.82) is 0 Å². The Kier molecular flexibility index (Phi) is 8.13. The van der Waals surface area contributed by atoms with Crippen molar-refractivity contribution in [3.8, 4) is 0 Å². The molecule has 2 aromatic rings. The van der Waals surface area contributed by atoms with Crippen LogP contribution in [-0.2, 0) is 16.0 Å². The lowest BCUT2D eigenvalue weighted by atomic mass is 10.1. The quantitative estimate of drug-likeness (QED) is 0.367. The van der Waals surface area contributed by atoms with Gasteiger partial charge in [-0.3, -0.25) is 0 Å². The summed E-state index contributed by atoms with van der Waals surface area (Å²) in [5, 5.41) is 2.17. The number of fused-ring (bicyclic) bond motifs is 1. The SMILES string of the molecule is CCC(CC=O)COCCCCCCc1cc2sccc2s1. The number of rotatable bonds is 12. The van der Waals surface area contributed by atoms with E-state index in [1.807, 2.05) is 22.7 Å². The second-order valence-corrected chi connectivity index (χ2v) is 7.89. The summed E-state index contributed by atoms with van der Waals surface area (Å²) in [6.45, 7) is 3.69. The smallest absolute Gasteiger partial charge is 0.120 e. The van der Waals surface area contributed by atoms with Gasteiger partial charge in [-0.05, 0) is 42.7 Å². The Labute approximate surface area is 141 Å². The summed E-state index contributed by atoms with van der Waals surface area (Å²) < 4.78 is 8.56. The van der Waals surface area contributed by atoms with E-state index >= 15 is 0 Å². The van der Waals surface area contributed by atoms with Crippen molar-refractivity contribution in [3.05, 3.63) is 22.4 Å². The number of hydrogen-bond acceptors (Lipinski definition) is 4. The second-order valence-electron chi connectivity index (χ2n) is 5.78. The molecule has 0 bridgehead atoms. The summed E-state index contributed by atoms with van der Waals surface area (Å²) in [5.41, 5.74) is 0. The van der Waals surface area contributed by atoms with Crippen LogP contribution in [0.5, 0.6) is 0 Å². The molecule has 0 amide bonds. The van der Waals surface area contributed by atoms with Crippen LogP contribution in [-0.4, -0.2) is 19.5 Å². The molecule has 2 aromatic heterocycles. The fraction of sp³-hybridized carbons (Fsp3) is 0.611. The molecule has 0 aromatic carbocycles. The van der Waals surface area contributed by atoms with Gasteiger partial charge in [0.25, 0.3) is 0 Å². The molecule has 0 saturated carbocycles. The Morgan fingerprint density at radius 2 is 2.09 bits per heavy atom. The summed E-state index contributed by atoms with van der Waals surface area (Å²) in [6, 6.07) is 4.57. The molecule has 0 aliphatic carbocycles. The minimum absolute atomic E-state index is 0.408. The van der Waals surface area contributed by atoms with Crippen molar-refractivity contribution >= 4 is 38.4 Å². The fourth-order valence-electron chi connectivity index (χ4n) is 2.53. The van der Waals surface area contributed by atoms with E-state index in [-0.39, 0.29) is 0 Å². The number of ether oxygens (including phenoxy) is 1. The highest BCUT2D eigenvalue weighted by atomic mass is 32.1. The first-order valence-corrected chi connectivity index (χ1v) is 10.0. The van der Waals surface area contributed by atoms with Crippen LogP contribution in [0.2, 0.25) is 0 Å². The zero-order valence-corrected chi connectivity index (χ0v) is 15.0. The second kappa shape index (κ2) is 10.1. The van der Waals surface area contributed by atoms with Gasteiger partial charge in [0.2, 0.25) is 0 Å². The molecule has 0 aliphatic heterocycles. The maximum absolute atomic E-state index is 10.5. The number of carbonyl (C=O) groups excluding carboxylic acids is 1. The summed E-state index contributed by atoms with van der Waals surface area (Å²) in [5.74, 6) is 0.408. The third-order valence-corrected chi connectivity index (χ3v) is 6.17. The molecule has 1 atom stereocenters. The topological polar surface area (TPSA) is 26.3 Å². The highest BCUT2D eigenvalue weighted by molar-refractivity contribution is 7.26. The Morgan fingerprint density at radius 3 is 2.86 bits per heavy atom. The number of aldehydes is 1. The van der Waals surface area contributed by atoms with E-state index in [1.54, 1.807) is 0 Å². The van der Waals surface area contributed by atoms with Crippen LogP contribution in [0.4, 0.5) is 0 Å². The number of carbonyl (C=O) groups is 1. The summed E-state index contributed by atoms with van der Waals surface area (Å²) in [4.78, 5) is 12.0. The molecule has 1 unspecified atom stereocenters. The minimum atomic E-state index is 0.408. The zero-order valence-electron chi connectivity index (χ0n) is 13.4. The van der Waals surface area contributed by atoms with Crippen molar-refractivity contribution in [3.63, 3.8) is 0 Å². The lowest BCUT2D eigenvalue weighted by molar-refractivity contribution is -0.109. The van der Waals surface area contributed by atoms with Gasteiger partial charge in [-0.1, -0.05) is 26.2 Å². The predicted molar refractivity (Wildman–Crippen MR) is 97.2 cm³/mol. The molecular weight excluding hydrogens is 312 g/mol. The van der Waals surface area contributed by atoms with Crippen molar-refractivity contribution in [2.45, 2.75) is 51.9 Å². The van der Waals surface area contributed by atoms with Gasteiger partial charge in [0.15, 0.2) is 0 Å². The van der Waals surface area contributed by atoms with Crippen molar-refractivity contribution in [2.75, 3.05) is 13.2 Å². The lowest BCUT2D eigenvalue weighted by Gasteiger charge is -2.11. The van der Waals surface area contributed by atoms with Crippen molar-refractivity contribution in [2.24, 2.45) is 5.92 Å². The molecule has 0 fully saturated rings. The normalized spacial score (nSPS) is 12.8. The highest BCUT2D eigenvalue weighted by Crippen LogP contribution is 2.30. The number of aryl methyl sites for hydroxylation is 1. The van der Waals surface area contributed by atoms with Crippen LogP contribution < -0.4 is 0 Å². The summed E-state index contributed by atoms with van der Waals surface area (Å²) >= 11 is 3.78. The van der Waals surface area contributed by atoms with E-state index in [4.69, 9.17) is 4.74 Å². The summed E-state index contributed by atoms with van der Waals surface area (Å²) in [7, 11) is 0. The van der Waals surface area contributed by atoms with Crippen LogP contribution >= 0.6 is 22.7 Å². The molecule has 2 rings (SSSR count). The van der Waals surface area contributed by atoms with E-state index in [0.29, 0.717) is 12.3 Å². The van der Waals surface area contributed by atoms with Gasteiger partial charge in [-0.15, -0.1) is 22.7 Å². The first kappa shape index (κ1) is 17.6. The average Bonchev–Trinajstić information content (AvgIpc) is 3.10. The number of unbranched alkanes of at least 4 members (excludes halogenated alkanes) is 3. The molecule has 22 heavy (non-hydrogen) atoms. The van der Waals surface area contributed by atoms with Gasteiger partial charge < -0.3 is 9.53 Å². The van der Waals surface area contributed by atoms with Gasteiger partial charge >= 0.3 is 0 Å². The first-order valence-electron chi connectivity index (χ1n) is 8.30. The molecule has 0 aliphatic rings. The van der Waals surface area contributed by atoms with Gasteiger partial charge in [0.1, 0.15) is 6.29 Å². The van der Waals surface area contributed by atoms with Gasteiger partial charge in [0.05, 0.1) is 0 Å². The maximum atomic E-state index is 10.5. The zero-order chi connectivity index (χ0) is 15.6. The van der Waals surface area contributed by atoms with Gasteiger partial charge in [0, 0.05) is 33.9 Å². The Hall–Kier alpha value is -0.710. The highest BCUT2D eigenvalue weighted by Gasteiger charge is 2.05.